The molecule has 1 aromatic rings. The van der Waals surface area contributed by atoms with E-state index in [1.54, 1.807) is 0 Å². The quantitative estimate of drug-likeness (QED) is 0.755. The third-order valence-corrected chi connectivity index (χ3v) is 6.48. The standard InChI is InChI=1S/C17H29N3O4S/c1-4-19(5-2)14(3)13-18-17(21)15-9-10-16(24-15)25(22,23)20-11-7-6-8-12-20/h9-10,14H,4-8,11-13H2,1-3H3,(H,18,21). The van der Waals surface area contributed by atoms with Gasteiger partial charge in [-0.25, -0.2) is 8.42 Å². The Morgan fingerprint density at radius 1 is 1.24 bits per heavy atom. The van der Waals surface area contributed by atoms with E-state index in [2.05, 4.69) is 24.1 Å². The molecule has 0 radical (unpaired) electrons. The van der Waals surface area contributed by atoms with Gasteiger partial charge in [0.05, 0.1) is 0 Å². The fraction of sp³-hybridized carbons (Fsp3) is 0.706. The van der Waals surface area contributed by atoms with Crippen molar-refractivity contribution in [3.63, 3.8) is 0 Å². The molecule has 1 fully saturated rings. The first kappa shape index (κ1) is 19.9. The smallest absolute Gasteiger partial charge is 0.287 e. The summed E-state index contributed by atoms with van der Waals surface area (Å²) in [5, 5.41) is 2.65. The Hall–Kier alpha value is -1.38. The van der Waals surface area contributed by atoms with E-state index in [-0.39, 0.29) is 22.8 Å². The minimum Gasteiger partial charge on any atom is -0.438 e. The van der Waals surface area contributed by atoms with E-state index in [9.17, 15) is 13.2 Å². The van der Waals surface area contributed by atoms with Crippen LogP contribution in [0.25, 0.3) is 0 Å². The molecule has 2 rings (SSSR count). The molecule has 1 amide bonds. The van der Waals surface area contributed by atoms with Gasteiger partial charge in [-0.1, -0.05) is 20.3 Å². The molecule has 142 valence electrons. The van der Waals surface area contributed by atoms with Gasteiger partial charge in [0.25, 0.3) is 15.9 Å². The highest BCUT2D eigenvalue weighted by atomic mass is 32.2. The summed E-state index contributed by atoms with van der Waals surface area (Å²) in [7, 11) is -3.65. The third kappa shape index (κ3) is 4.83. The van der Waals surface area contributed by atoms with Gasteiger partial charge < -0.3 is 9.73 Å². The van der Waals surface area contributed by atoms with Crippen LogP contribution in [-0.4, -0.2) is 62.3 Å². The Morgan fingerprint density at radius 2 is 1.88 bits per heavy atom. The minimum absolute atomic E-state index is 0.0299. The Balaban J connectivity index is 1.99. The van der Waals surface area contributed by atoms with Crippen molar-refractivity contribution in [1.29, 1.82) is 0 Å². The van der Waals surface area contributed by atoms with Gasteiger partial charge in [-0.3, -0.25) is 9.69 Å². The lowest BCUT2D eigenvalue weighted by atomic mass is 10.2. The molecule has 1 aliphatic heterocycles. The number of rotatable bonds is 8. The van der Waals surface area contributed by atoms with Crippen LogP contribution in [0.4, 0.5) is 0 Å². The zero-order valence-corrected chi connectivity index (χ0v) is 16.1. The van der Waals surface area contributed by atoms with Crippen molar-refractivity contribution in [3.05, 3.63) is 17.9 Å². The molecule has 0 bridgehead atoms. The number of carbonyl (C=O) groups excluding carboxylic acids is 1. The van der Waals surface area contributed by atoms with Gasteiger partial charge >= 0.3 is 0 Å². The van der Waals surface area contributed by atoms with Crippen molar-refractivity contribution in [1.82, 2.24) is 14.5 Å². The first-order chi connectivity index (χ1) is 11.9. The SMILES string of the molecule is CCN(CC)C(C)CNC(=O)c1ccc(S(=O)(=O)N2CCCCC2)o1. The summed E-state index contributed by atoms with van der Waals surface area (Å²) in [6, 6.07) is 2.99. The van der Waals surface area contributed by atoms with E-state index in [4.69, 9.17) is 4.42 Å². The molecule has 7 nitrogen and oxygen atoms in total. The van der Waals surface area contributed by atoms with Crippen LogP contribution in [0.1, 0.15) is 50.6 Å². The van der Waals surface area contributed by atoms with E-state index < -0.39 is 10.0 Å². The van der Waals surface area contributed by atoms with E-state index in [0.29, 0.717) is 19.6 Å². The number of sulfonamides is 1. The van der Waals surface area contributed by atoms with E-state index in [1.807, 2.05) is 6.92 Å². The lowest BCUT2D eigenvalue weighted by Gasteiger charge is -2.26. The van der Waals surface area contributed by atoms with Gasteiger partial charge in [0.15, 0.2) is 5.76 Å². The Kier molecular flexibility index (Phi) is 7.04. The normalized spacial score (nSPS) is 17.6. The largest absolute Gasteiger partial charge is 0.438 e. The monoisotopic (exact) mass is 371 g/mol. The third-order valence-electron chi connectivity index (χ3n) is 4.71. The molecule has 8 heteroatoms. The number of furan rings is 1. The van der Waals surface area contributed by atoms with Crippen LogP contribution >= 0.6 is 0 Å². The number of carbonyl (C=O) groups is 1. The number of hydrogen-bond acceptors (Lipinski definition) is 5. The summed E-state index contributed by atoms with van der Waals surface area (Å²) in [6.07, 6.45) is 2.76. The van der Waals surface area contributed by atoms with Crippen LogP contribution < -0.4 is 5.32 Å². The molecular formula is C17H29N3O4S. The molecule has 1 saturated heterocycles. The van der Waals surface area contributed by atoms with Crippen molar-refractivity contribution < 1.29 is 17.6 Å². The lowest BCUT2D eigenvalue weighted by Crippen LogP contribution is -2.41. The summed E-state index contributed by atoms with van der Waals surface area (Å²) < 4.78 is 31.9. The second-order valence-corrected chi connectivity index (χ2v) is 8.23. The van der Waals surface area contributed by atoms with Crippen molar-refractivity contribution in [2.45, 2.75) is 51.2 Å². The zero-order chi connectivity index (χ0) is 18.4. The summed E-state index contributed by atoms with van der Waals surface area (Å²) in [6.45, 7) is 9.51. The van der Waals surface area contributed by atoms with Crippen LogP contribution in [0.5, 0.6) is 0 Å². The number of piperidine rings is 1. The highest BCUT2D eigenvalue weighted by molar-refractivity contribution is 7.89. The second-order valence-electron chi connectivity index (χ2n) is 6.36. The number of amides is 1. The van der Waals surface area contributed by atoms with Crippen molar-refractivity contribution in [3.8, 4) is 0 Å². The van der Waals surface area contributed by atoms with Crippen LogP contribution in [0.3, 0.4) is 0 Å². The number of nitrogens with one attached hydrogen (secondary N) is 1. The summed E-state index contributed by atoms with van der Waals surface area (Å²) in [4.78, 5) is 14.5. The lowest BCUT2D eigenvalue weighted by molar-refractivity contribution is 0.0904. The summed E-state index contributed by atoms with van der Waals surface area (Å²) >= 11 is 0. The van der Waals surface area contributed by atoms with E-state index >= 15 is 0 Å². The Labute approximate surface area is 150 Å². The molecule has 1 N–H and O–H groups in total. The summed E-state index contributed by atoms with van der Waals surface area (Å²) in [5.74, 6) is -0.360. The highest BCUT2D eigenvalue weighted by Gasteiger charge is 2.29. The van der Waals surface area contributed by atoms with Crippen molar-refractivity contribution in [2.75, 3.05) is 32.7 Å². The molecule has 0 aromatic carbocycles. The fourth-order valence-electron chi connectivity index (χ4n) is 3.12. The van der Waals surface area contributed by atoms with E-state index in [0.717, 1.165) is 32.4 Å². The maximum Gasteiger partial charge on any atom is 0.287 e. The highest BCUT2D eigenvalue weighted by Crippen LogP contribution is 2.22. The molecule has 0 aliphatic carbocycles. The topological polar surface area (TPSA) is 82.9 Å². The average molecular weight is 372 g/mol. The van der Waals surface area contributed by atoms with E-state index in [1.165, 1.54) is 16.4 Å². The molecule has 2 heterocycles. The summed E-state index contributed by atoms with van der Waals surface area (Å²) in [5.41, 5.74) is 0. The maximum absolute atomic E-state index is 12.6. The van der Waals surface area contributed by atoms with Gasteiger partial charge in [-0.05, 0) is 45.0 Å². The average Bonchev–Trinajstić information content (AvgIpc) is 3.12. The molecule has 1 unspecified atom stereocenters. The molecule has 0 saturated carbocycles. The predicted octanol–water partition coefficient (Wildman–Crippen LogP) is 1.91. The molecule has 1 atom stereocenters. The Morgan fingerprint density at radius 3 is 2.48 bits per heavy atom. The first-order valence-electron chi connectivity index (χ1n) is 9.02. The van der Waals surface area contributed by atoms with Crippen LogP contribution in [0, 0.1) is 0 Å². The predicted molar refractivity (Wildman–Crippen MR) is 96.0 cm³/mol. The van der Waals surface area contributed by atoms with Crippen molar-refractivity contribution >= 4 is 15.9 Å². The number of hydrogen-bond donors (Lipinski definition) is 1. The van der Waals surface area contributed by atoms with Gasteiger partial charge in [0, 0.05) is 25.7 Å². The van der Waals surface area contributed by atoms with Gasteiger partial charge in [-0.2, -0.15) is 4.31 Å². The van der Waals surface area contributed by atoms with Gasteiger partial charge in [0.2, 0.25) is 5.09 Å². The number of likely N-dealkylation sites (N-methyl/N-ethyl adjacent to an activating group) is 1. The Bertz CT molecular complexity index is 661. The maximum atomic E-state index is 12.6. The van der Waals surface area contributed by atoms with Gasteiger partial charge in [-0.15, -0.1) is 0 Å². The van der Waals surface area contributed by atoms with Crippen molar-refractivity contribution in [2.24, 2.45) is 0 Å². The van der Waals surface area contributed by atoms with Crippen LogP contribution in [0.2, 0.25) is 0 Å². The molecule has 1 aliphatic rings. The first-order valence-corrected chi connectivity index (χ1v) is 10.5. The molecule has 0 spiro atoms. The van der Waals surface area contributed by atoms with Crippen LogP contribution in [-0.2, 0) is 10.0 Å². The zero-order valence-electron chi connectivity index (χ0n) is 15.3. The number of nitrogens with zero attached hydrogens (tertiary/aromatic N) is 2. The molecule has 1 aromatic heterocycles. The van der Waals surface area contributed by atoms with Crippen LogP contribution in [0.15, 0.2) is 21.6 Å². The molecule has 25 heavy (non-hydrogen) atoms. The fourth-order valence-corrected chi connectivity index (χ4v) is 4.55. The molecular weight excluding hydrogens is 342 g/mol. The second kappa shape index (κ2) is 8.82. The van der Waals surface area contributed by atoms with Gasteiger partial charge in [0.1, 0.15) is 0 Å². The minimum atomic E-state index is -3.65.